The van der Waals surface area contributed by atoms with Crippen molar-refractivity contribution in [3.8, 4) is 0 Å². The Morgan fingerprint density at radius 1 is 1.37 bits per heavy atom. The number of nitrogens with one attached hydrogen (secondary N) is 1. The molecule has 1 N–H and O–H groups in total. The third-order valence-electron chi connectivity index (χ3n) is 8.39. The summed E-state index contributed by atoms with van der Waals surface area (Å²) in [5, 5.41) is 3.58. The standard InChI is InChI=1S/C24H26N2O4/c1-3-23-12-14(21(28)29-2)19-24(17-6-4-5-7-18(17)25-19)9-10-26(22(23)24)20(27)15-13-30-11-8-16(15)23/h4-7,13,16,22,25H,3,8-12H2,1-2H3/t16-,22-,23+,24-/m1/s1. The van der Waals surface area contributed by atoms with Gasteiger partial charge in [0.1, 0.15) is 0 Å². The fraction of sp³-hybridized carbons (Fsp3) is 0.500. The van der Waals surface area contributed by atoms with Crippen molar-refractivity contribution in [1.82, 2.24) is 4.90 Å². The molecule has 6 rings (SSSR count). The lowest BCUT2D eigenvalue weighted by Crippen LogP contribution is -2.65. The van der Waals surface area contributed by atoms with Crippen LogP contribution in [0.2, 0.25) is 0 Å². The van der Waals surface area contributed by atoms with Crippen LogP contribution >= 0.6 is 0 Å². The molecular weight excluding hydrogens is 380 g/mol. The number of ether oxygens (including phenoxy) is 2. The van der Waals surface area contributed by atoms with Crippen molar-refractivity contribution in [2.75, 3.05) is 25.6 Å². The minimum Gasteiger partial charge on any atom is -0.501 e. The number of hydrogen-bond donors (Lipinski definition) is 1. The van der Waals surface area contributed by atoms with Gasteiger partial charge in [-0.05, 0) is 37.3 Å². The zero-order valence-corrected chi connectivity index (χ0v) is 17.4. The molecule has 1 aromatic carbocycles. The monoisotopic (exact) mass is 406 g/mol. The number of piperidine rings is 1. The molecular formula is C24H26N2O4. The number of amides is 1. The second-order valence-electron chi connectivity index (χ2n) is 9.19. The Labute approximate surface area is 175 Å². The summed E-state index contributed by atoms with van der Waals surface area (Å²) >= 11 is 0. The summed E-state index contributed by atoms with van der Waals surface area (Å²) in [7, 11) is 1.46. The van der Waals surface area contributed by atoms with Crippen molar-refractivity contribution >= 4 is 17.6 Å². The predicted molar refractivity (Wildman–Crippen MR) is 110 cm³/mol. The molecule has 0 bridgehead atoms. The van der Waals surface area contributed by atoms with Crippen molar-refractivity contribution < 1.29 is 19.1 Å². The minimum absolute atomic E-state index is 0.0299. The molecule has 0 aromatic heterocycles. The Kier molecular flexibility index (Phi) is 3.55. The van der Waals surface area contributed by atoms with Crippen molar-refractivity contribution in [3.63, 3.8) is 0 Å². The number of methoxy groups -OCH3 is 1. The molecule has 156 valence electrons. The first-order valence-electron chi connectivity index (χ1n) is 10.9. The highest BCUT2D eigenvalue weighted by Gasteiger charge is 2.70. The van der Waals surface area contributed by atoms with Crippen LogP contribution in [-0.4, -0.2) is 43.1 Å². The molecule has 30 heavy (non-hydrogen) atoms. The molecule has 1 aliphatic carbocycles. The Balaban J connectivity index is 1.68. The van der Waals surface area contributed by atoms with Crippen LogP contribution in [0.5, 0.6) is 0 Å². The number of benzene rings is 1. The molecule has 0 unspecified atom stereocenters. The molecule has 4 heterocycles. The van der Waals surface area contributed by atoms with Gasteiger partial charge in [-0.25, -0.2) is 4.79 Å². The molecule has 4 aliphatic heterocycles. The summed E-state index contributed by atoms with van der Waals surface area (Å²) in [6.07, 6.45) is 4.81. The second-order valence-corrected chi connectivity index (χ2v) is 9.19. The lowest BCUT2D eigenvalue weighted by atomic mass is 9.49. The van der Waals surface area contributed by atoms with Gasteiger partial charge in [0, 0.05) is 29.3 Å². The maximum Gasteiger partial charge on any atom is 0.335 e. The summed E-state index contributed by atoms with van der Waals surface area (Å²) < 4.78 is 10.9. The van der Waals surface area contributed by atoms with Crippen LogP contribution in [0.25, 0.3) is 0 Å². The van der Waals surface area contributed by atoms with Crippen molar-refractivity contribution in [1.29, 1.82) is 0 Å². The van der Waals surface area contributed by atoms with Gasteiger partial charge in [-0.3, -0.25) is 4.79 Å². The number of esters is 1. The van der Waals surface area contributed by atoms with Gasteiger partial charge in [-0.15, -0.1) is 0 Å². The number of anilines is 1. The van der Waals surface area contributed by atoms with E-state index in [1.807, 2.05) is 6.07 Å². The number of carbonyl (C=O) groups is 2. The molecule has 1 aromatic rings. The average molecular weight is 406 g/mol. The van der Waals surface area contributed by atoms with Gasteiger partial charge in [0.15, 0.2) is 0 Å². The molecule has 2 saturated heterocycles. The summed E-state index contributed by atoms with van der Waals surface area (Å²) in [5.74, 6) is -0.0614. The normalized spacial score (nSPS) is 35.5. The molecule has 2 fully saturated rings. The summed E-state index contributed by atoms with van der Waals surface area (Å²) in [5.41, 5.74) is 4.14. The van der Waals surface area contributed by atoms with Gasteiger partial charge in [0.05, 0.1) is 42.6 Å². The molecule has 0 saturated carbocycles. The number of carbonyl (C=O) groups excluding carboxylic acids is 2. The van der Waals surface area contributed by atoms with E-state index in [9.17, 15) is 9.59 Å². The lowest BCUT2D eigenvalue weighted by Gasteiger charge is -2.59. The van der Waals surface area contributed by atoms with Crippen LogP contribution in [0.4, 0.5) is 5.69 Å². The van der Waals surface area contributed by atoms with E-state index in [4.69, 9.17) is 9.47 Å². The van der Waals surface area contributed by atoms with E-state index < -0.39 is 0 Å². The highest BCUT2D eigenvalue weighted by atomic mass is 16.5. The molecule has 6 heteroatoms. The van der Waals surface area contributed by atoms with Crippen LogP contribution in [0.3, 0.4) is 0 Å². The summed E-state index contributed by atoms with van der Waals surface area (Å²) in [6, 6.07) is 8.35. The van der Waals surface area contributed by atoms with Crippen molar-refractivity contribution in [2.24, 2.45) is 11.3 Å². The first kappa shape index (κ1) is 18.0. The van der Waals surface area contributed by atoms with Gasteiger partial charge in [-0.1, -0.05) is 25.1 Å². The largest absolute Gasteiger partial charge is 0.501 e. The first-order valence-corrected chi connectivity index (χ1v) is 10.9. The van der Waals surface area contributed by atoms with Gasteiger partial charge < -0.3 is 19.7 Å². The van der Waals surface area contributed by atoms with Crippen molar-refractivity contribution in [3.05, 3.63) is 52.9 Å². The zero-order chi connectivity index (χ0) is 20.7. The van der Waals surface area contributed by atoms with Gasteiger partial charge >= 0.3 is 5.97 Å². The predicted octanol–water partition coefficient (Wildman–Crippen LogP) is 3.11. The van der Waals surface area contributed by atoms with E-state index in [0.29, 0.717) is 19.6 Å². The van der Waals surface area contributed by atoms with E-state index in [1.54, 1.807) is 6.26 Å². The fourth-order valence-corrected chi connectivity index (χ4v) is 7.32. The quantitative estimate of drug-likeness (QED) is 0.765. The highest BCUT2D eigenvalue weighted by molar-refractivity contribution is 5.98. The van der Waals surface area contributed by atoms with Crippen LogP contribution in [0.15, 0.2) is 47.4 Å². The van der Waals surface area contributed by atoms with Crippen LogP contribution in [0.1, 0.15) is 38.2 Å². The van der Waals surface area contributed by atoms with Gasteiger partial charge in [0.25, 0.3) is 5.91 Å². The Hall–Kier alpha value is -2.76. The highest BCUT2D eigenvalue weighted by Crippen LogP contribution is 2.68. The molecule has 4 atom stereocenters. The summed E-state index contributed by atoms with van der Waals surface area (Å²) in [6.45, 7) is 3.51. The number of hydrogen-bond acceptors (Lipinski definition) is 5. The van der Waals surface area contributed by atoms with Crippen LogP contribution in [0, 0.1) is 11.3 Å². The molecule has 6 nitrogen and oxygen atoms in total. The molecule has 5 aliphatic rings. The summed E-state index contributed by atoms with van der Waals surface area (Å²) in [4.78, 5) is 28.7. The topological polar surface area (TPSA) is 67.9 Å². The van der Waals surface area contributed by atoms with E-state index in [0.717, 1.165) is 41.8 Å². The third-order valence-corrected chi connectivity index (χ3v) is 8.39. The minimum atomic E-state index is -0.381. The fourth-order valence-electron chi connectivity index (χ4n) is 7.32. The Morgan fingerprint density at radius 2 is 2.20 bits per heavy atom. The van der Waals surface area contributed by atoms with E-state index in [2.05, 4.69) is 35.3 Å². The lowest BCUT2D eigenvalue weighted by molar-refractivity contribution is -0.144. The Bertz CT molecular complexity index is 1040. The van der Waals surface area contributed by atoms with E-state index >= 15 is 0 Å². The molecule has 1 spiro atoms. The van der Waals surface area contributed by atoms with E-state index in [1.165, 1.54) is 12.7 Å². The van der Waals surface area contributed by atoms with Crippen molar-refractivity contribution in [2.45, 2.75) is 44.1 Å². The Morgan fingerprint density at radius 3 is 3.00 bits per heavy atom. The number of fused-ring (bicyclic) bond motifs is 3. The van der Waals surface area contributed by atoms with Crippen LogP contribution in [-0.2, 0) is 24.5 Å². The van der Waals surface area contributed by atoms with Gasteiger partial charge in [-0.2, -0.15) is 0 Å². The van der Waals surface area contributed by atoms with E-state index in [-0.39, 0.29) is 34.7 Å². The first-order chi connectivity index (χ1) is 14.6. The average Bonchev–Trinajstić information content (AvgIpc) is 3.36. The smallest absolute Gasteiger partial charge is 0.335 e. The number of nitrogens with zero attached hydrogens (tertiary/aromatic N) is 1. The van der Waals surface area contributed by atoms with Crippen LogP contribution < -0.4 is 5.32 Å². The maximum absolute atomic E-state index is 13.5. The third kappa shape index (κ3) is 1.86. The molecule has 0 radical (unpaired) electrons. The number of para-hydroxylation sites is 1. The molecule has 1 amide bonds. The second kappa shape index (κ2) is 5.90. The number of rotatable bonds is 2. The SMILES string of the molecule is CC[C@]12CC(C(=O)OC)=C3Nc4ccccc4[C@]34CCN(C(=O)C3=COCC[C@H]31)[C@H]24. The maximum atomic E-state index is 13.5. The van der Waals surface area contributed by atoms with Gasteiger partial charge in [0.2, 0.25) is 0 Å². The zero-order valence-electron chi connectivity index (χ0n) is 17.4.